The first-order chi connectivity index (χ1) is 9.11. The van der Waals surface area contributed by atoms with Crippen molar-refractivity contribution in [1.82, 2.24) is 4.90 Å². The van der Waals surface area contributed by atoms with E-state index in [2.05, 4.69) is 0 Å². The summed E-state index contributed by atoms with van der Waals surface area (Å²) in [5.41, 5.74) is 0.701. The molecular formula is C14H17NO4. The molecule has 0 aliphatic carbocycles. The Labute approximate surface area is 111 Å². The normalized spacial score (nSPS) is 19.2. The van der Waals surface area contributed by atoms with Crippen molar-refractivity contribution in [3.05, 3.63) is 35.4 Å². The molecule has 1 aliphatic heterocycles. The van der Waals surface area contributed by atoms with Gasteiger partial charge in [-0.1, -0.05) is 6.92 Å². The SMILES string of the molecule is CC[C@@H]1CN(C(=O)c2ccc(C(=O)O)cc2)CCO1. The molecule has 5 heteroatoms. The smallest absolute Gasteiger partial charge is 0.335 e. The molecule has 19 heavy (non-hydrogen) atoms. The molecule has 5 nitrogen and oxygen atoms in total. The van der Waals surface area contributed by atoms with Crippen molar-refractivity contribution in [2.45, 2.75) is 19.4 Å². The van der Waals surface area contributed by atoms with E-state index >= 15 is 0 Å². The Balaban J connectivity index is 2.08. The van der Waals surface area contributed by atoms with Gasteiger partial charge in [0.2, 0.25) is 0 Å². The van der Waals surface area contributed by atoms with Crippen LogP contribution in [0.1, 0.15) is 34.1 Å². The summed E-state index contributed by atoms with van der Waals surface area (Å²) < 4.78 is 5.52. The Morgan fingerprint density at radius 1 is 1.32 bits per heavy atom. The standard InChI is InChI=1S/C14H17NO4/c1-2-12-9-15(7-8-19-12)13(16)10-3-5-11(6-4-10)14(17)18/h3-6,12H,2,7-9H2,1H3,(H,17,18)/t12-/m1/s1. The lowest BCUT2D eigenvalue weighted by Crippen LogP contribution is -2.45. The van der Waals surface area contributed by atoms with Crippen molar-refractivity contribution in [3.8, 4) is 0 Å². The molecule has 1 aromatic rings. The first-order valence-corrected chi connectivity index (χ1v) is 6.36. The second-order valence-electron chi connectivity index (χ2n) is 4.53. The van der Waals surface area contributed by atoms with Gasteiger partial charge >= 0.3 is 5.97 Å². The third kappa shape index (κ3) is 3.12. The molecule has 1 N–H and O–H groups in total. The maximum Gasteiger partial charge on any atom is 0.335 e. The monoisotopic (exact) mass is 263 g/mol. The number of rotatable bonds is 3. The number of nitrogens with zero attached hydrogens (tertiary/aromatic N) is 1. The molecule has 0 aromatic heterocycles. The van der Waals surface area contributed by atoms with E-state index in [9.17, 15) is 9.59 Å². The van der Waals surface area contributed by atoms with Crippen LogP contribution in [0.15, 0.2) is 24.3 Å². The van der Waals surface area contributed by atoms with Crippen LogP contribution in [-0.2, 0) is 4.74 Å². The van der Waals surface area contributed by atoms with Gasteiger partial charge in [-0.05, 0) is 30.7 Å². The highest BCUT2D eigenvalue weighted by atomic mass is 16.5. The fourth-order valence-electron chi connectivity index (χ4n) is 2.09. The van der Waals surface area contributed by atoms with Crippen LogP contribution in [0, 0.1) is 0 Å². The van der Waals surface area contributed by atoms with E-state index in [-0.39, 0.29) is 17.6 Å². The first-order valence-electron chi connectivity index (χ1n) is 6.36. The Morgan fingerprint density at radius 3 is 2.53 bits per heavy atom. The summed E-state index contributed by atoms with van der Waals surface area (Å²) in [7, 11) is 0. The third-order valence-electron chi connectivity index (χ3n) is 3.26. The van der Waals surface area contributed by atoms with Gasteiger partial charge in [0.05, 0.1) is 18.3 Å². The largest absolute Gasteiger partial charge is 0.478 e. The number of carboxylic acids is 1. The minimum Gasteiger partial charge on any atom is -0.478 e. The molecule has 2 rings (SSSR count). The van der Waals surface area contributed by atoms with Crippen LogP contribution in [0.5, 0.6) is 0 Å². The van der Waals surface area contributed by atoms with Crippen LogP contribution >= 0.6 is 0 Å². The Bertz CT molecular complexity index is 469. The van der Waals surface area contributed by atoms with Crippen LogP contribution in [0.2, 0.25) is 0 Å². The summed E-state index contributed by atoms with van der Waals surface area (Å²) in [4.78, 5) is 24.8. The molecule has 1 amide bonds. The van der Waals surface area contributed by atoms with Crippen LogP contribution in [0.3, 0.4) is 0 Å². The van der Waals surface area contributed by atoms with E-state index in [1.54, 1.807) is 17.0 Å². The van der Waals surface area contributed by atoms with Crippen molar-refractivity contribution in [2.24, 2.45) is 0 Å². The fraction of sp³-hybridized carbons (Fsp3) is 0.429. The van der Waals surface area contributed by atoms with E-state index in [1.165, 1.54) is 12.1 Å². The quantitative estimate of drug-likeness (QED) is 0.900. The topological polar surface area (TPSA) is 66.8 Å². The minimum absolute atomic E-state index is 0.0707. The predicted molar refractivity (Wildman–Crippen MR) is 69.3 cm³/mol. The zero-order valence-corrected chi connectivity index (χ0v) is 10.8. The second kappa shape index (κ2) is 5.84. The summed E-state index contributed by atoms with van der Waals surface area (Å²) in [5.74, 6) is -1.06. The Kier molecular flexibility index (Phi) is 4.16. The fourth-order valence-corrected chi connectivity index (χ4v) is 2.09. The summed E-state index contributed by atoms with van der Waals surface area (Å²) >= 11 is 0. The van der Waals surface area contributed by atoms with Gasteiger partial charge in [0.1, 0.15) is 0 Å². The molecule has 1 atom stereocenters. The van der Waals surface area contributed by atoms with E-state index < -0.39 is 5.97 Å². The highest BCUT2D eigenvalue weighted by molar-refractivity contribution is 5.96. The maximum atomic E-state index is 12.3. The van der Waals surface area contributed by atoms with Gasteiger partial charge in [-0.15, -0.1) is 0 Å². The predicted octanol–water partition coefficient (Wildman–Crippen LogP) is 1.64. The number of carbonyl (C=O) groups excluding carboxylic acids is 1. The highest BCUT2D eigenvalue weighted by Crippen LogP contribution is 2.13. The van der Waals surface area contributed by atoms with Crippen molar-refractivity contribution in [2.75, 3.05) is 19.7 Å². The molecule has 0 bridgehead atoms. The van der Waals surface area contributed by atoms with E-state index in [4.69, 9.17) is 9.84 Å². The molecule has 0 unspecified atom stereocenters. The summed E-state index contributed by atoms with van der Waals surface area (Å²) in [6.07, 6.45) is 0.970. The average molecular weight is 263 g/mol. The van der Waals surface area contributed by atoms with Gasteiger partial charge in [-0.2, -0.15) is 0 Å². The lowest BCUT2D eigenvalue weighted by Gasteiger charge is -2.32. The number of amides is 1. The maximum absolute atomic E-state index is 12.3. The molecule has 0 saturated carbocycles. The molecule has 102 valence electrons. The van der Waals surface area contributed by atoms with Gasteiger partial charge in [0, 0.05) is 18.7 Å². The van der Waals surface area contributed by atoms with E-state index in [0.717, 1.165) is 6.42 Å². The van der Waals surface area contributed by atoms with Gasteiger partial charge in [0.15, 0.2) is 0 Å². The number of benzene rings is 1. The Morgan fingerprint density at radius 2 is 1.95 bits per heavy atom. The zero-order valence-electron chi connectivity index (χ0n) is 10.8. The zero-order chi connectivity index (χ0) is 13.8. The molecule has 0 spiro atoms. The van der Waals surface area contributed by atoms with Crippen LogP contribution in [0.4, 0.5) is 0 Å². The van der Waals surface area contributed by atoms with Crippen molar-refractivity contribution in [1.29, 1.82) is 0 Å². The summed E-state index contributed by atoms with van der Waals surface area (Å²) in [6, 6.07) is 6.02. The highest BCUT2D eigenvalue weighted by Gasteiger charge is 2.23. The van der Waals surface area contributed by atoms with E-state index in [0.29, 0.717) is 25.3 Å². The number of aromatic carboxylic acids is 1. The van der Waals surface area contributed by atoms with Gasteiger partial charge < -0.3 is 14.7 Å². The van der Waals surface area contributed by atoms with Gasteiger partial charge in [0.25, 0.3) is 5.91 Å². The third-order valence-corrected chi connectivity index (χ3v) is 3.26. The average Bonchev–Trinajstić information content (AvgIpc) is 2.46. The van der Waals surface area contributed by atoms with E-state index in [1.807, 2.05) is 6.92 Å². The molecule has 1 saturated heterocycles. The Hall–Kier alpha value is -1.88. The molecule has 1 aliphatic rings. The number of hydrogen-bond acceptors (Lipinski definition) is 3. The second-order valence-corrected chi connectivity index (χ2v) is 4.53. The molecule has 0 radical (unpaired) electrons. The minimum atomic E-state index is -0.989. The van der Waals surface area contributed by atoms with Gasteiger partial charge in [-0.3, -0.25) is 4.79 Å². The number of hydrogen-bond donors (Lipinski definition) is 1. The lowest BCUT2D eigenvalue weighted by atomic mass is 10.1. The molecular weight excluding hydrogens is 246 g/mol. The lowest BCUT2D eigenvalue weighted by molar-refractivity contribution is -0.0226. The van der Waals surface area contributed by atoms with Crippen LogP contribution < -0.4 is 0 Å². The van der Waals surface area contributed by atoms with Gasteiger partial charge in [-0.25, -0.2) is 4.79 Å². The van der Waals surface area contributed by atoms with Crippen molar-refractivity contribution >= 4 is 11.9 Å². The summed E-state index contributed by atoms with van der Waals surface area (Å²) in [5, 5.41) is 8.82. The first kappa shape index (κ1) is 13.5. The van der Waals surface area contributed by atoms with Crippen LogP contribution in [0.25, 0.3) is 0 Å². The number of carbonyl (C=O) groups is 2. The van der Waals surface area contributed by atoms with Crippen molar-refractivity contribution in [3.63, 3.8) is 0 Å². The van der Waals surface area contributed by atoms with Crippen molar-refractivity contribution < 1.29 is 19.4 Å². The number of carboxylic acid groups (broad SMARTS) is 1. The molecule has 1 aromatic carbocycles. The number of morpholine rings is 1. The number of ether oxygens (including phenoxy) is 1. The molecule has 1 heterocycles. The summed E-state index contributed by atoms with van der Waals surface area (Å²) in [6.45, 7) is 3.75. The van der Waals surface area contributed by atoms with Crippen LogP contribution in [-0.4, -0.2) is 47.7 Å². The molecule has 1 fully saturated rings.